The molecular weight excluding hydrogens is 200 g/mol. The molecule has 0 atom stereocenters. The summed E-state index contributed by atoms with van der Waals surface area (Å²) in [5.74, 6) is 0. The Hall–Kier alpha value is -2.10. The van der Waals surface area contributed by atoms with Crippen LogP contribution in [-0.2, 0) is 6.54 Å². The summed E-state index contributed by atoms with van der Waals surface area (Å²) in [6.45, 7) is 3.68. The number of nitrogens with zero attached hydrogens (tertiary/aromatic N) is 4. The molecule has 1 aromatic heterocycles. The summed E-state index contributed by atoms with van der Waals surface area (Å²) in [7, 11) is 0. The molecule has 0 saturated carbocycles. The second kappa shape index (κ2) is 4.41. The summed E-state index contributed by atoms with van der Waals surface area (Å²) in [5.41, 5.74) is -1.73. The van der Waals surface area contributed by atoms with Crippen molar-refractivity contribution < 1.29 is 4.84 Å². The Kier molecular flexibility index (Phi) is 3.23. The van der Waals surface area contributed by atoms with Crippen LogP contribution in [0.4, 0.5) is 0 Å². The van der Waals surface area contributed by atoms with Crippen LogP contribution in [0.5, 0.6) is 0 Å². The number of hydrogen-bond donors (Lipinski definition) is 0. The van der Waals surface area contributed by atoms with Crippen molar-refractivity contribution in [3.63, 3.8) is 0 Å². The van der Waals surface area contributed by atoms with E-state index in [1.54, 1.807) is 19.9 Å². The lowest BCUT2D eigenvalue weighted by Gasteiger charge is -2.06. The van der Waals surface area contributed by atoms with Crippen molar-refractivity contribution in [1.82, 2.24) is 14.5 Å². The fourth-order valence-corrected chi connectivity index (χ4v) is 1.05. The zero-order chi connectivity index (χ0) is 11.4. The monoisotopic (exact) mass is 210 g/mol. The molecule has 80 valence electrons. The standard InChI is InChI=1S/C8H10N4O3/c1-3-11-7(13)6(5-9)10-12(8(11)14)15-4-2/h3-4H2,1-2H3. The van der Waals surface area contributed by atoms with Crippen molar-refractivity contribution >= 4 is 0 Å². The fourth-order valence-electron chi connectivity index (χ4n) is 1.05. The number of aromatic nitrogens is 3. The van der Waals surface area contributed by atoms with Crippen LogP contribution in [0.25, 0.3) is 0 Å². The summed E-state index contributed by atoms with van der Waals surface area (Å²) in [5, 5.41) is 12.1. The van der Waals surface area contributed by atoms with Gasteiger partial charge in [-0.15, -0.1) is 5.10 Å². The van der Waals surface area contributed by atoms with Gasteiger partial charge in [-0.2, -0.15) is 5.26 Å². The number of nitriles is 1. The van der Waals surface area contributed by atoms with Gasteiger partial charge >= 0.3 is 5.69 Å². The minimum Gasteiger partial charge on any atom is -0.393 e. The molecule has 0 saturated heterocycles. The average Bonchev–Trinajstić information content (AvgIpc) is 2.23. The van der Waals surface area contributed by atoms with Crippen LogP contribution in [0, 0.1) is 11.3 Å². The molecule has 0 radical (unpaired) electrons. The molecule has 0 spiro atoms. The second-order valence-corrected chi connectivity index (χ2v) is 2.58. The van der Waals surface area contributed by atoms with Gasteiger partial charge in [0.25, 0.3) is 5.56 Å². The maximum Gasteiger partial charge on any atom is 0.381 e. The Morgan fingerprint density at radius 3 is 2.60 bits per heavy atom. The van der Waals surface area contributed by atoms with E-state index in [0.717, 1.165) is 4.57 Å². The van der Waals surface area contributed by atoms with Crippen molar-refractivity contribution in [3.8, 4) is 6.07 Å². The third kappa shape index (κ3) is 1.88. The molecule has 0 aromatic carbocycles. The van der Waals surface area contributed by atoms with E-state index >= 15 is 0 Å². The largest absolute Gasteiger partial charge is 0.393 e. The van der Waals surface area contributed by atoms with Crippen LogP contribution >= 0.6 is 0 Å². The third-order valence-electron chi connectivity index (χ3n) is 1.71. The molecule has 0 amide bonds. The van der Waals surface area contributed by atoms with Crippen molar-refractivity contribution in [2.45, 2.75) is 20.4 Å². The molecule has 0 aliphatic rings. The summed E-state index contributed by atoms with van der Waals surface area (Å²) in [4.78, 5) is 28.4. The maximum absolute atomic E-state index is 11.5. The van der Waals surface area contributed by atoms with E-state index in [4.69, 9.17) is 10.1 Å². The molecule has 7 heteroatoms. The third-order valence-corrected chi connectivity index (χ3v) is 1.71. The molecule has 1 heterocycles. The Morgan fingerprint density at radius 1 is 1.47 bits per heavy atom. The summed E-state index contributed by atoms with van der Waals surface area (Å²) >= 11 is 0. The quantitative estimate of drug-likeness (QED) is 0.621. The first-order chi connectivity index (χ1) is 7.15. The van der Waals surface area contributed by atoms with Gasteiger partial charge in [-0.25, -0.2) is 4.79 Å². The lowest BCUT2D eigenvalue weighted by atomic mass is 10.5. The lowest BCUT2D eigenvalue weighted by molar-refractivity contribution is 0.0724. The van der Waals surface area contributed by atoms with E-state index in [1.807, 2.05) is 0 Å². The van der Waals surface area contributed by atoms with E-state index in [0.29, 0.717) is 4.85 Å². The maximum atomic E-state index is 11.5. The Labute approximate surface area is 85.1 Å². The van der Waals surface area contributed by atoms with Crippen LogP contribution < -0.4 is 16.1 Å². The first-order valence-corrected chi connectivity index (χ1v) is 4.43. The van der Waals surface area contributed by atoms with E-state index in [9.17, 15) is 9.59 Å². The number of hydrogen-bond acceptors (Lipinski definition) is 5. The van der Waals surface area contributed by atoms with E-state index in [1.165, 1.54) is 0 Å². The van der Waals surface area contributed by atoms with Gasteiger partial charge in [-0.3, -0.25) is 9.36 Å². The highest BCUT2D eigenvalue weighted by atomic mass is 16.7. The van der Waals surface area contributed by atoms with Crippen LogP contribution in [0.3, 0.4) is 0 Å². The zero-order valence-corrected chi connectivity index (χ0v) is 8.43. The Bertz CT molecular complexity index is 508. The molecule has 0 N–H and O–H groups in total. The van der Waals surface area contributed by atoms with Crippen LogP contribution in [0.1, 0.15) is 19.5 Å². The molecule has 7 nitrogen and oxygen atoms in total. The minimum absolute atomic E-state index is 0.169. The smallest absolute Gasteiger partial charge is 0.381 e. The number of rotatable bonds is 3. The average molecular weight is 210 g/mol. The predicted molar refractivity (Wildman–Crippen MR) is 50.3 cm³/mol. The van der Waals surface area contributed by atoms with Crippen molar-refractivity contribution in [2.75, 3.05) is 6.61 Å². The molecule has 1 aromatic rings. The van der Waals surface area contributed by atoms with E-state index < -0.39 is 11.2 Å². The second-order valence-electron chi connectivity index (χ2n) is 2.58. The summed E-state index contributed by atoms with van der Waals surface area (Å²) in [6, 6.07) is 1.61. The SMILES string of the molecule is CCOn1nc(C#N)c(=O)n(CC)c1=O. The van der Waals surface area contributed by atoms with Crippen LogP contribution in [-0.4, -0.2) is 21.1 Å². The van der Waals surface area contributed by atoms with Gasteiger partial charge in [0.15, 0.2) is 0 Å². The molecule has 0 bridgehead atoms. The predicted octanol–water partition coefficient (Wildman–Crippen LogP) is -1.25. The van der Waals surface area contributed by atoms with Gasteiger partial charge in [0.05, 0.1) is 0 Å². The van der Waals surface area contributed by atoms with Gasteiger partial charge in [-0.1, -0.05) is 0 Å². The minimum atomic E-state index is -0.694. The van der Waals surface area contributed by atoms with E-state index in [-0.39, 0.29) is 18.8 Å². The molecular formula is C8H10N4O3. The van der Waals surface area contributed by atoms with Crippen LogP contribution in [0.15, 0.2) is 9.59 Å². The van der Waals surface area contributed by atoms with Crippen molar-refractivity contribution in [3.05, 3.63) is 26.5 Å². The molecule has 0 aliphatic carbocycles. The van der Waals surface area contributed by atoms with Crippen molar-refractivity contribution in [1.29, 1.82) is 5.26 Å². The lowest BCUT2D eigenvalue weighted by Crippen LogP contribution is -2.45. The van der Waals surface area contributed by atoms with Gasteiger partial charge in [-0.05, 0) is 18.7 Å². The topological polar surface area (TPSA) is 89.9 Å². The zero-order valence-electron chi connectivity index (χ0n) is 8.43. The van der Waals surface area contributed by atoms with Crippen molar-refractivity contribution in [2.24, 2.45) is 0 Å². The highest BCUT2D eigenvalue weighted by Gasteiger charge is 2.11. The summed E-state index contributed by atoms with van der Waals surface area (Å²) < 4.78 is 0.890. The normalized spacial score (nSPS) is 9.67. The highest BCUT2D eigenvalue weighted by molar-refractivity contribution is 5.13. The van der Waals surface area contributed by atoms with Gasteiger partial charge in [0, 0.05) is 6.54 Å². The van der Waals surface area contributed by atoms with Crippen LogP contribution in [0.2, 0.25) is 0 Å². The molecule has 1 rings (SSSR count). The fraction of sp³-hybridized carbons (Fsp3) is 0.500. The molecule has 0 fully saturated rings. The first kappa shape index (κ1) is 11.0. The van der Waals surface area contributed by atoms with Gasteiger partial charge in [0.2, 0.25) is 5.69 Å². The Morgan fingerprint density at radius 2 is 2.13 bits per heavy atom. The first-order valence-electron chi connectivity index (χ1n) is 4.43. The molecule has 0 unspecified atom stereocenters. The summed E-state index contributed by atoms with van der Waals surface area (Å²) in [6.07, 6.45) is 0. The van der Waals surface area contributed by atoms with E-state index in [2.05, 4.69) is 5.10 Å². The Balaban J connectivity index is 3.54. The van der Waals surface area contributed by atoms with Gasteiger partial charge < -0.3 is 4.84 Å². The highest BCUT2D eigenvalue weighted by Crippen LogP contribution is 1.79. The molecule has 15 heavy (non-hydrogen) atoms. The van der Waals surface area contributed by atoms with Gasteiger partial charge in [0.1, 0.15) is 12.7 Å². The molecule has 0 aliphatic heterocycles.